The summed E-state index contributed by atoms with van der Waals surface area (Å²) in [5, 5.41) is 9.79. The van der Waals surface area contributed by atoms with Gasteiger partial charge in [0.25, 0.3) is 5.91 Å². The molecule has 180 valence electrons. The third kappa shape index (κ3) is 4.15. The van der Waals surface area contributed by atoms with E-state index in [2.05, 4.69) is 11.1 Å². The van der Waals surface area contributed by atoms with E-state index in [1.807, 2.05) is 12.1 Å². The van der Waals surface area contributed by atoms with Gasteiger partial charge in [0.1, 0.15) is 0 Å². The maximum atomic E-state index is 14.3. The molecule has 0 spiro atoms. The smallest absolute Gasteiger partial charge is 0.256 e. The highest BCUT2D eigenvalue weighted by Gasteiger charge is 2.44. The Morgan fingerprint density at radius 2 is 1.69 bits per heavy atom. The van der Waals surface area contributed by atoms with Gasteiger partial charge in [0.15, 0.2) is 11.6 Å². The summed E-state index contributed by atoms with van der Waals surface area (Å²) in [6.07, 6.45) is 4.06. The predicted molar refractivity (Wildman–Crippen MR) is 126 cm³/mol. The minimum absolute atomic E-state index is 0.172. The van der Waals surface area contributed by atoms with Crippen molar-refractivity contribution >= 4 is 26.8 Å². The minimum atomic E-state index is -3.36. The Balaban J connectivity index is 1.58. The first-order valence-electron chi connectivity index (χ1n) is 11.2. The zero-order valence-electron chi connectivity index (χ0n) is 19.0. The number of benzene rings is 2. The lowest BCUT2D eigenvalue weighted by molar-refractivity contribution is 0.0699. The first kappa shape index (κ1) is 23.3. The molecule has 0 radical (unpaired) electrons. The second-order valence-corrected chi connectivity index (χ2v) is 11.0. The largest absolute Gasteiger partial charge is 0.336 e. The first-order valence-corrected chi connectivity index (χ1v) is 13.0. The SMILES string of the molecule is CS(=O)(=O)N1CCN(C(=O)c2cnc3cc(F)c(F)cc3c2-c2ccc(C3(C#N)CC3)cc2)CC1. The number of sulfonamides is 1. The van der Waals surface area contributed by atoms with Crippen molar-refractivity contribution in [2.45, 2.75) is 18.3 Å². The summed E-state index contributed by atoms with van der Waals surface area (Å²) < 4.78 is 53.2. The number of rotatable bonds is 4. The molecule has 0 bridgehead atoms. The molecule has 1 saturated heterocycles. The van der Waals surface area contributed by atoms with E-state index in [1.165, 1.54) is 15.4 Å². The topological polar surface area (TPSA) is 94.4 Å². The molecule has 2 aliphatic rings. The summed E-state index contributed by atoms with van der Waals surface area (Å²) in [5.41, 5.74) is 1.84. The van der Waals surface area contributed by atoms with Gasteiger partial charge in [-0.25, -0.2) is 17.2 Å². The van der Waals surface area contributed by atoms with E-state index in [9.17, 15) is 27.3 Å². The molecule has 7 nitrogen and oxygen atoms in total. The average Bonchev–Trinajstić information content (AvgIpc) is 3.65. The number of pyridine rings is 1. The van der Waals surface area contributed by atoms with Gasteiger partial charge in [-0.3, -0.25) is 9.78 Å². The number of piperazine rings is 1. The summed E-state index contributed by atoms with van der Waals surface area (Å²) in [6, 6.07) is 11.6. The van der Waals surface area contributed by atoms with Crippen LogP contribution in [0.15, 0.2) is 42.6 Å². The summed E-state index contributed by atoms with van der Waals surface area (Å²) >= 11 is 0. The summed E-state index contributed by atoms with van der Waals surface area (Å²) in [6.45, 7) is 0.743. The number of hydrogen-bond donors (Lipinski definition) is 0. The van der Waals surface area contributed by atoms with E-state index in [0.29, 0.717) is 16.5 Å². The van der Waals surface area contributed by atoms with Gasteiger partial charge in [-0.2, -0.15) is 9.57 Å². The molecule has 3 aromatic rings. The number of halogens is 2. The van der Waals surface area contributed by atoms with Crippen molar-refractivity contribution < 1.29 is 22.0 Å². The number of nitrogens with zero attached hydrogens (tertiary/aromatic N) is 4. The zero-order valence-corrected chi connectivity index (χ0v) is 19.8. The summed E-state index contributed by atoms with van der Waals surface area (Å²) in [4.78, 5) is 19.3. The molecular weight excluding hydrogens is 474 g/mol. The van der Waals surface area contributed by atoms with Crippen molar-refractivity contribution in [1.29, 1.82) is 5.26 Å². The van der Waals surface area contributed by atoms with Crippen molar-refractivity contribution in [2.75, 3.05) is 32.4 Å². The lowest BCUT2D eigenvalue weighted by Crippen LogP contribution is -2.50. The molecule has 0 N–H and O–H groups in total. The Hall–Kier alpha value is -3.42. The van der Waals surface area contributed by atoms with Crippen molar-refractivity contribution in [1.82, 2.24) is 14.2 Å². The van der Waals surface area contributed by atoms with Crippen LogP contribution in [0, 0.1) is 23.0 Å². The fraction of sp³-hybridized carbons (Fsp3) is 0.320. The molecule has 10 heteroatoms. The van der Waals surface area contributed by atoms with Crippen molar-refractivity contribution in [3.05, 3.63) is 65.4 Å². The van der Waals surface area contributed by atoms with Crippen LogP contribution < -0.4 is 0 Å². The number of amides is 1. The van der Waals surface area contributed by atoms with Gasteiger partial charge < -0.3 is 4.90 Å². The molecular formula is C25H22F2N4O3S. The molecule has 1 aliphatic heterocycles. The van der Waals surface area contributed by atoms with E-state index in [4.69, 9.17) is 0 Å². The van der Waals surface area contributed by atoms with Gasteiger partial charge in [0, 0.05) is 49.4 Å². The van der Waals surface area contributed by atoms with Crippen LogP contribution >= 0.6 is 0 Å². The second kappa shape index (κ2) is 8.36. The maximum absolute atomic E-state index is 14.3. The monoisotopic (exact) mass is 496 g/mol. The van der Waals surface area contributed by atoms with Crippen LogP contribution in [0.25, 0.3) is 22.0 Å². The summed E-state index contributed by atoms with van der Waals surface area (Å²) in [7, 11) is -3.36. The molecule has 1 aliphatic carbocycles. The molecule has 2 heterocycles. The lowest BCUT2D eigenvalue weighted by Gasteiger charge is -2.33. The Morgan fingerprint density at radius 3 is 2.26 bits per heavy atom. The summed E-state index contributed by atoms with van der Waals surface area (Å²) in [5.74, 6) is -2.45. The van der Waals surface area contributed by atoms with Gasteiger partial charge in [-0.1, -0.05) is 24.3 Å². The quantitative estimate of drug-likeness (QED) is 0.552. The standard InChI is InChI=1S/C25H22F2N4O3S/c1-35(33,34)31-10-8-30(9-11-31)24(32)19-14-29-22-13-21(27)20(26)12-18(22)23(19)16-2-4-17(5-3-16)25(15-28)6-7-25/h2-5,12-14H,6-11H2,1H3. The molecule has 2 fully saturated rings. The molecule has 0 atom stereocenters. The number of carbonyl (C=O) groups is 1. The van der Waals surface area contributed by atoms with E-state index in [-0.39, 0.29) is 43.2 Å². The number of aromatic nitrogens is 1. The predicted octanol–water partition coefficient (Wildman–Crippen LogP) is 3.45. The molecule has 1 aromatic heterocycles. The zero-order chi connectivity index (χ0) is 25.0. The van der Waals surface area contributed by atoms with E-state index >= 15 is 0 Å². The highest BCUT2D eigenvalue weighted by atomic mass is 32.2. The number of fused-ring (bicyclic) bond motifs is 1. The molecule has 5 rings (SSSR count). The molecule has 35 heavy (non-hydrogen) atoms. The van der Waals surface area contributed by atoms with E-state index < -0.39 is 27.1 Å². The Labute approximate surface area is 201 Å². The van der Waals surface area contributed by atoms with Crippen LogP contribution in [0.3, 0.4) is 0 Å². The van der Waals surface area contributed by atoms with Gasteiger partial charge in [-0.15, -0.1) is 0 Å². The average molecular weight is 497 g/mol. The Kier molecular flexibility index (Phi) is 5.57. The van der Waals surface area contributed by atoms with Gasteiger partial charge in [0.05, 0.1) is 28.8 Å². The number of nitriles is 1. The highest BCUT2D eigenvalue weighted by molar-refractivity contribution is 7.88. The van der Waals surface area contributed by atoms with Crippen LogP contribution in [-0.2, 0) is 15.4 Å². The van der Waals surface area contributed by atoms with Gasteiger partial charge in [0.2, 0.25) is 10.0 Å². The third-order valence-electron chi connectivity index (χ3n) is 6.83. The Bertz CT molecular complexity index is 1490. The molecule has 0 unspecified atom stereocenters. The normalized spacial score (nSPS) is 17.8. The molecule has 1 saturated carbocycles. The maximum Gasteiger partial charge on any atom is 0.256 e. The first-order chi connectivity index (χ1) is 16.6. The van der Waals surface area contributed by atoms with Crippen LogP contribution in [0.2, 0.25) is 0 Å². The number of carbonyl (C=O) groups excluding carboxylic acids is 1. The molecule has 2 aromatic carbocycles. The minimum Gasteiger partial charge on any atom is -0.336 e. The van der Waals surface area contributed by atoms with E-state index in [1.54, 1.807) is 12.1 Å². The number of hydrogen-bond acceptors (Lipinski definition) is 5. The van der Waals surface area contributed by atoms with Crippen LogP contribution in [0.4, 0.5) is 8.78 Å². The van der Waals surface area contributed by atoms with Crippen LogP contribution in [0.1, 0.15) is 28.8 Å². The second-order valence-electron chi connectivity index (χ2n) is 9.06. The molecule has 1 amide bonds. The van der Waals surface area contributed by atoms with E-state index in [0.717, 1.165) is 36.8 Å². The highest BCUT2D eigenvalue weighted by Crippen LogP contribution is 2.48. The Morgan fingerprint density at radius 1 is 1.06 bits per heavy atom. The van der Waals surface area contributed by atoms with Crippen molar-refractivity contribution in [3.8, 4) is 17.2 Å². The van der Waals surface area contributed by atoms with Gasteiger partial charge >= 0.3 is 0 Å². The third-order valence-corrected chi connectivity index (χ3v) is 8.13. The van der Waals surface area contributed by atoms with Crippen molar-refractivity contribution in [2.24, 2.45) is 0 Å². The lowest BCUT2D eigenvalue weighted by atomic mass is 9.91. The fourth-order valence-corrected chi connectivity index (χ4v) is 5.43. The van der Waals surface area contributed by atoms with Crippen LogP contribution in [0.5, 0.6) is 0 Å². The fourth-order valence-electron chi connectivity index (χ4n) is 4.60. The van der Waals surface area contributed by atoms with Gasteiger partial charge in [-0.05, 0) is 30.0 Å². The van der Waals surface area contributed by atoms with Crippen LogP contribution in [-0.4, -0.2) is 60.9 Å². The van der Waals surface area contributed by atoms with Crippen molar-refractivity contribution in [3.63, 3.8) is 0 Å².